The lowest BCUT2D eigenvalue weighted by Gasteiger charge is -2.01. The van der Waals surface area contributed by atoms with E-state index < -0.39 is 0 Å². The highest BCUT2D eigenvalue weighted by Gasteiger charge is 2.07. The standard InChI is InChI=1S/C13H10N8O/c1-8-16-13(22-19-8)9-2-4-11(5-3-9)15-7-10(6-14)12-17-20-21-18-12/h2-5,7,15H,1H3,(H,17,18,20,21). The molecule has 0 atom stereocenters. The molecule has 0 aliphatic carbocycles. The SMILES string of the molecule is Cc1noc(-c2ccc(NC=C(C#N)c3nn[nH]n3)cc2)n1. The molecule has 9 heteroatoms. The van der Waals surface area contributed by atoms with E-state index in [1.54, 1.807) is 6.92 Å². The molecule has 3 aromatic rings. The maximum absolute atomic E-state index is 9.06. The van der Waals surface area contributed by atoms with Crippen LogP contribution < -0.4 is 5.32 Å². The van der Waals surface area contributed by atoms with Crippen LogP contribution in [-0.4, -0.2) is 30.8 Å². The zero-order valence-electron chi connectivity index (χ0n) is 11.5. The second-order valence-corrected chi connectivity index (χ2v) is 4.27. The Labute approximate surface area is 124 Å². The lowest BCUT2D eigenvalue weighted by Crippen LogP contribution is -1.93. The van der Waals surface area contributed by atoms with E-state index in [-0.39, 0.29) is 11.4 Å². The minimum absolute atomic E-state index is 0.230. The Morgan fingerprint density at radius 2 is 2.18 bits per heavy atom. The number of anilines is 1. The van der Waals surface area contributed by atoms with Gasteiger partial charge in [-0.25, -0.2) is 0 Å². The Morgan fingerprint density at radius 1 is 1.36 bits per heavy atom. The molecule has 3 rings (SSSR count). The van der Waals surface area contributed by atoms with Gasteiger partial charge in [0.2, 0.25) is 5.82 Å². The lowest BCUT2D eigenvalue weighted by molar-refractivity contribution is 0.425. The number of aromatic amines is 1. The van der Waals surface area contributed by atoms with E-state index >= 15 is 0 Å². The molecule has 108 valence electrons. The number of H-pyrrole nitrogens is 1. The highest BCUT2D eigenvalue weighted by Crippen LogP contribution is 2.20. The van der Waals surface area contributed by atoms with Gasteiger partial charge in [-0.15, -0.1) is 10.2 Å². The molecule has 0 aliphatic rings. The van der Waals surface area contributed by atoms with E-state index in [4.69, 9.17) is 9.78 Å². The maximum atomic E-state index is 9.06. The summed E-state index contributed by atoms with van der Waals surface area (Å²) in [5.41, 5.74) is 1.87. The van der Waals surface area contributed by atoms with E-state index in [1.807, 2.05) is 30.3 Å². The number of hydrogen-bond acceptors (Lipinski definition) is 8. The Kier molecular flexibility index (Phi) is 3.57. The third-order valence-electron chi connectivity index (χ3n) is 2.75. The molecule has 1 aromatic carbocycles. The van der Waals surface area contributed by atoms with E-state index in [0.717, 1.165) is 11.3 Å². The van der Waals surface area contributed by atoms with Crippen LogP contribution in [0.5, 0.6) is 0 Å². The number of nitrogens with one attached hydrogen (secondary N) is 2. The summed E-state index contributed by atoms with van der Waals surface area (Å²) in [4.78, 5) is 4.15. The quantitative estimate of drug-likeness (QED) is 0.693. The van der Waals surface area contributed by atoms with E-state index in [0.29, 0.717) is 11.7 Å². The van der Waals surface area contributed by atoms with Crippen molar-refractivity contribution in [1.29, 1.82) is 5.26 Å². The molecular formula is C13H10N8O. The molecular weight excluding hydrogens is 284 g/mol. The van der Waals surface area contributed by atoms with Crippen molar-refractivity contribution in [2.45, 2.75) is 6.92 Å². The summed E-state index contributed by atoms with van der Waals surface area (Å²) in [6.07, 6.45) is 1.51. The van der Waals surface area contributed by atoms with Crippen LogP contribution in [0.1, 0.15) is 11.6 Å². The van der Waals surface area contributed by atoms with Gasteiger partial charge >= 0.3 is 0 Å². The molecule has 0 saturated carbocycles. The van der Waals surface area contributed by atoms with Gasteiger partial charge in [0.1, 0.15) is 11.6 Å². The first kappa shape index (κ1) is 13.4. The molecule has 0 bridgehead atoms. The van der Waals surface area contributed by atoms with Gasteiger partial charge in [0, 0.05) is 17.5 Å². The largest absolute Gasteiger partial charge is 0.360 e. The smallest absolute Gasteiger partial charge is 0.257 e. The zero-order valence-corrected chi connectivity index (χ0v) is 11.5. The van der Waals surface area contributed by atoms with Crippen LogP contribution in [0.4, 0.5) is 5.69 Å². The van der Waals surface area contributed by atoms with E-state index in [1.165, 1.54) is 6.20 Å². The van der Waals surface area contributed by atoms with Gasteiger partial charge in [0.25, 0.3) is 5.89 Å². The number of rotatable bonds is 4. The third kappa shape index (κ3) is 2.80. The minimum atomic E-state index is 0.230. The average Bonchev–Trinajstić information content (AvgIpc) is 3.20. The summed E-state index contributed by atoms with van der Waals surface area (Å²) in [7, 11) is 0. The fourth-order valence-corrected chi connectivity index (χ4v) is 1.70. The number of tetrazole rings is 1. The third-order valence-corrected chi connectivity index (χ3v) is 2.75. The van der Waals surface area contributed by atoms with E-state index in [9.17, 15) is 0 Å². The summed E-state index contributed by atoms with van der Waals surface area (Å²) >= 11 is 0. The van der Waals surface area contributed by atoms with Crippen LogP contribution in [-0.2, 0) is 0 Å². The molecule has 9 nitrogen and oxygen atoms in total. The number of nitriles is 1. The highest BCUT2D eigenvalue weighted by molar-refractivity contribution is 5.74. The second kappa shape index (κ2) is 5.84. The summed E-state index contributed by atoms with van der Waals surface area (Å²) in [6.45, 7) is 1.76. The Balaban J connectivity index is 1.75. The molecule has 0 unspecified atom stereocenters. The van der Waals surface area contributed by atoms with Gasteiger partial charge in [-0.3, -0.25) is 0 Å². The second-order valence-electron chi connectivity index (χ2n) is 4.27. The van der Waals surface area contributed by atoms with Crippen LogP contribution in [0, 0.1) is 18.3 Å². The zero-order chi connectivity index (χ0) is 15.4. The van der Waals surface area contributed by atoms with Gasteiger partial charge in [0.05, 0.1) is 0 Å². The summed E-state index contributed by atoms with van der Waals surface area (Å²) in [5.74, 6) is 1.27. The highest BCUT2D eigenvalue weighted by atomic mass is 16.5. The predicted octanol–water partition coefficient (Wildman–Crippen LogP) is 1.53. The first-order valence-corrected chi connectivity index (χ1v) is 6.27. The van der Waals surface area contributed by atoms with Crippen LogP contribution in [0.2, 0.25) is 0 Å². The molecule has 2 aromatic heterocycles. The van der Waals surface area contributed by atoms with Crippen molar-refractivity contribution >= 4 is 11.3 Å². The molecule has 0 fully saturated rings. The number of aromatic nitrogens is 6. The Hall–Kier alpha value is -3.54. The van der Waals surface area contributed by atoms with Crippen LogP contribution in [0.15, 0.2) is 35.0 Å². The summed E-state index contributed by atoms with van der Waals surface area (Å²) in [6, 6.07) is 9.33. The Bertz CT molecular complexity index is 826. The fraction of sp³-hybridized carbons (Fsp3) is 0.0769. The van der Waals surface area contributed by atoms with Gasteiger partial charge in [0.15, 0.2) is 5.82 Å². The topological polar surface area (TPSA) is 129 Å². The van der Waals surface area contributed by atoms with Crippen LogP contribution in [0.3, 0.4) is 0 Å². The van der Waals surface area contributed by atoms with Crippen molar-refractivity contribution in [1.82, 2.24) is 30.8 Å². The fourth-order valence-electron chi connectivity index (χ4n) is 1.70. The number of aryl methyl sites for hydroxylation is 1. The molecule has 0 aliphatic heterocycles. The van der Waals surface area contributed by atoms with Crippen LogP contribution >= 0.6 is 0 Å². The number of hydrogen-bond donors (Lipinski definition) is 2. The monoisotopic (exact) mass is 294 g/mol. The van der Waals surface area contributed by atoms with Crippen molar-refractivity contribution in [3.63, 3.8) is 0 Å². The lowest BCUT2D eigenvalue weighted by atomic mass is 10.2. The van der Waals surface area contributed by atoms with Crippen LogP contribution in [0.25, 0.3) is 17.0 Å². The molecule has 0 radical (unpaired) electrons. The number of benzene rings is 1. The van der Waals surface area contributed by atoms with Crippen molar-refractivity contribution < 1.29 is 4.52 Å². The number of nitrogens with zero attached hydrogens (tertiary/aromatic N) is 6. The normalized spacial score (nSPS) is 11.2. The van der Waals surface area contributed by atoms with Gasteiger partial charge in [-0.05, 0) is 36.4 Å². The molecule has 0 amide bonds. The summed E-state index contributed by atoms with van der Waals surface area (Å²) in [5, 5.41) is 29.0. The van der Waals surface area contributed by atoms with Gasteiger partial charge in [-0.2, -0.15) is 15.5 Å². The molecule has 0 spiro atoms. The van der Waals surface area contributed by atoms with Crippen molar-refractivity contribution in [2.24, 2.45) is 0 Å². The first-order valence-electron chi connectivity index (χ1n) is 6.27. The van der Waals surface area contributed by atoms with Gasteiger partial charge in [-0.1, -0.05) is 5.16 Å². The minimum Gasteiger partial charge on any atom is -0.360 e. The molecule has 2 heterocycles. The van der Waals surface area contributed by atoms with Crippen molar-refractivity contribution in [2.75, 3.05) is 5.32 Å². The maximum Gasteiger partial charge on any atom is 0.257 e. The van der Waals surface area contributed by atoms with E-state index in [2.05, 4.69) is 36.1 Å². The summed E-state index contributed by atoms with van der Waals surface area (Å²) < 4.78 is 5.09. The predicted molar refractivity (Wildman–Crippen MR) is 75.9 cm³/mol. The van der Waals surface area contributed by atoms with Crippen molar-refractivity contribution in [3.8, 4) is 17.5 Å². The first-order chi connectivity index (χ1) is 10.8. The Morgan fingerprint density at radius 3 is 2.77 bits per heavy atom. The molecule has 0 saturated heterocycles. The van der Waals surface area contributed by atoms with Crippen molar-refractivity contribution in [3.05, 3.63) is 42.1 Å². The average molecular weight is 294 g/mol. The number of allylic oxidation sites excluding steroid dienone is 1. The molecule has 2 N–H and O–H groups in total. The molecule has 22 heavy (non-hydrogen) atoms. The van der Waals surface area contributed by atoms with Gasteiger partial charge < -0.3 is 9.84 Å².